The zero-order valence-electron chi connectivity index (χ0n) is 14.2. The van der Waals surface area contributed by atoms with Gasteiger partial charge >= 0.3 is 0 Å². The zero-order valence-corrected chi connectivity index (χ0v) is 14.2. The minimum absolute atomic E-state index is 0.229. The summed E-state index contributed by atoms with van der Waals surface area (Å²) in [6, 6.07) is 9.50. The van der Waals surface area contributed by atoms with Crippen LogP contribution in [0.4, 0.5) is 0 Å². The van der Waals surface area contributed by atoms with Gasteiger partial charge in [-0.25, -0.2) is 0 Å². The molecule has 0 spiro atoms. The molecule has 3 aliphatic rings. The van der Waals surface area contributed by atoms with Crippen LogP contribution in [0.3, 0.4) is 0 Å². The number of nitrogens with one attached hydrogen (secondary N) is 1. The summed E-state index contributed by atoms with van der Waals surface area (Å²) in [5.74, 6) is 2.85. The molecule has 1 N–H and O–H groups in total. The first-order valence-electron chi connectivity index (χ1n) is 9.26. The summed E-state index contributed by atoms with van der Waals surface area (Å²) in [6.45, 7) is 2.86. The van der Waals surface area contributed by atoms with E-state index < -0.39 is 0 Å². The molecule has 23 heavy (non-hydrogen) atoms. The van der Waals surface area contributed by atoms with E-state index in [0.29, 0.717) is 0 Å². The molecule has 0 atom stereocenters. The topological polar surface area (TPSA) is 30.5 Å². The fourth-order valence-corrected chi connectivity index (χ4v) is 4.22. The lowest BCUT2D eigenvalue weighted by molar-refractivity contribution is 0.0482. The first-order chi connectivity index (χ1) is 11.3. The number of ether oxygens (including phenoxy) is 2. The fourth-order valence-electron chi connectivity index (χ4n) is 4.22. The van der Waals surface area contributed by atoms with Gasteiger partial charge in [-0.2, -0.15) is 0 Å². The molecule has 2 saturated carbocycles. The quantitative estimate of drug-likeness (QED) is 0.835. The Morgan fingerprint density at radius 2 is 1.70 bits per heavy atom. The van der Waals surface area contributed by atoms with Crippen molar-refractivity contribution in [3.63, 3.8) is 0 Å². The average Bonchev–Trinajstić information content (AvgIpc) is 3.49. The van der Waals surface area contributed by atoms with Crippen LogP contribution in [0.25, 0.3) is 0 Å². The van der Waals surface area contributed by atoms with Gasteiger partial charge in [-0.15, -0.1) is 0 Å². The van der Waals surface area contributed by atoms with Gasteiger partial charge in [0.1, 0.15) is 5.75 Å². The number of hydrogen-bond acceptors (Lipinski definition) is 3. The van der Waals surface area contributed by atoms with Crippen molar-refractivity contribution >= 4 is 0 Å². The predicted octanol–water partition coefficient (Wildman–Crippen LogP) is 3.52. The Morgan fingerprint density at radius 1 is 1.09 bits per heavy atom. The SMILES string of the molecule is COc1ccc(C2(CNC(C3CC3)C3CC3)CCOCC2)cc1. The van der Waals surface area contributed by atoms with Gasteiger partial charge in [-0.1, -0.05) is 12.1 Å². The van der Waals surface area contributed by atoms with E-state index in [9.17, 15) is 0 Å². The number of rotatable bonds is 7. The second-order valence-corrected chi connectivity index (χ2v) is 7.70. The molecule has 1 aliphatic heterocycles. The molecule has 126 valence electrons. The number of methoxy groups -OCH3 is 1. The normalized spacial score (nSPS) is 23.9. The summed E-state index contributed by atoms with van der Waals surface area (Å²) in [6.07, 6.45) is 7.99. The second-order valence-electron chi connectivity index (χ2n) is 7.70. The number of hydrogen-bond donors (Lipinski definition) is 1. The molecule has 3 fully saturated rings. The molecule has 0 aromatic heterocycles. The molecular formula is C20H29NO2. The molecule has 2 aliphatic carbocycles. The summed E-state index contributed by atoms with van der Waals surface area (Å²) in [5, 5.41) is 3.99. The van der Waals surface area contributed by atoms with Crippen molar-refractivity contribution in [2.24, 2.45) is 11.8 Å². The molecule has 3 heteroatoms. The maximum atomic E-state index is 5.67. The standard InChI is InChI=1S/C20H29NO2/c1-22-18-8-6-17(7-9-18)20(10-12-23-13-11-20)14-21-19(15-2-3-15)16-4-5-16/h6-9,15-16,19,21H,2-5,10-14H2,1H3. The van der Waals surface area contributed by atoms with Crippen LogP contribution in [0.2, 0.25) is 0 Å². The van der Waals surface area contributed by atoms with Crippen molar-refractivity contribution in [3.8, 4) is 5.75 Å². The predicted molar refractivity (Wildman–Crippen MR) is 92.0 cm³/mol. The van der Waals surface area contributed by atoms with E-state index in [-0.39, 0.29) is 5.41 Å². The van der Waals surface area contributed by atoms with E-state index in [2.05, 4.69) is 29.6 Å². The van der Waals surface area contributed by atoms with Gasteiger partial charge in [-0.05, 0) is 68.1 Å². The summed E-state index contributed by atoms with van der Waals surface area (Å²) in [7, 11) is 1.73. The van der Waals surface area contributed by atoms with Gasteiger partial charge in [0.15, 0.2) is 0 Å². The van der Waals surface area contributed by atoms with E-state index in [1.54, 1.807) is 7.11 Å². The molecule has 0 radical (unpaired) electrons. The van der Waals surface area contributed by atoms with Crippen LogP contribution in [0.5, 0.6) is 5.75 Å². The highest BCUT2D eigenvalue weighted by molar-refractivity contribution is 5.33. The van der Waals surface area contributed by atoms with E-state index >= 15 is 0 Å². The summed E-state index contributed by atoms with van der Waals surface area (Å²) in [5.41, 5.74) is 1.67. The van der Waals surface area contributed by atoms with Crippen molar-refractivity contribution in [2.45, 2.75) is 50.0 Å². The van der Waals surface area contributed by atoms with Crippen LogP contribution < -0.4 is 10.1 Å². The maximum Gasteiger partial charge on any atom is 0.118 e. The molecular weight excluding hydrogens is 286 g/mol. The minimum atomic E-state index is 0.229. The third kappa shape index (κ3) is 3.41. The van der Waals surface area contributed by atoms with Gasteiger partial charge in [0.05, 0.1) is 7.11 Å². The highest BCUT2D eigenvalue weighted by atomic mass is 16.5. The fraction of sp³-hybridized carbons (Fsp3) is 0.700. The minimum Gasteiger partial charge on any atom is -0.497 e. The molecule has 1 heterocycles. The third-order valence-corrected chi connectivity index (χ3v) is 6.09. The van der Waals surface area contributed by atoms with Gasteiger partial charge < -0.3 is 14.8 Å². The highest BCUT2D eigenvalue weighted by Gasteiger charge is 2.43. The van der Waals surface area contributed by atoms with Crippen LogP contribution >= 0.6 is 0 Å². The highest BCUT2D eigenvalue weighted by Crippen LogP contribution is 2.45. The van der Waals surface area contributed by atoms with Gasteiger partial charge in [0.2, 0.25) is 0 Å². The van der Waals surface area contributed by atoms with E-state index in [0.717, 1.165) is 56.2 Å². The molecule has 1 aromatic rings. The number of benzene rings is 1. The molecule has 3 nitrogen and oxygen atoms in total. The Bertz CT molecular complexity index is 501. The Hall–Kier alpha value is -1.06. The molecule has 0 bridgehead atoms. The van der Waals surface area contributed by atoms with Crippen molar-refractivity contribution < 1.29 is 9.47 Å². The molecule has 1 aromatic carbocycles. The largest absolute Gasteiger partial charge is 0.497 e. The lowest BCUT2D eigenvalue weighted by Gasteiger charge is -2.39. The zero-order chi connectivity index (χ0) is 15.7. The van der Waals surface area contributed by atoms with Crippen LogP contribution in [0.15, 0.2) is 24.3 Å². The Labute approximate surface area is 139 Å². The van der Waals surface area contributed by atoms with Crippen molar-refractivity contribution in [1.29, 1.82) is 0 Å². The lowest BCUT2D eigenvalue weighted by atomic mass is 9.74. The molecule has 4 rings (SSSR count). The monoisotopic (exact) mass is 315 g/mol. The van der Waals surface area contributed by atoms with Crippen LogP contribution in [0.1, 0.15) is 44.1 Å². The molecule has 1 saturated heterocycles. The first kappa shape index (κ1) is 15.5. The van der Waals surface area contributed by atoms with E-state index in [1.165, 1.54) is 31.2 Å². The molecule has 0 amide bonds. The third-order valence-electron chi connectivity index (χ3n) is 6.09. The maximum absolute atomic E-state index is 5.67. The Kier molecular flexibility index (Phi) is 4.33. The van der Waals surface area contributed by atoms with Crippen molar-refractivity contribution in [2.75, 3.05) is 26.9 Å². The average molecular weight is 315 g/mol. The van der Waals surface area contributed by atoms with Crippen LogP contribution in [-0.2, 0) is 10.2 Å². The Balaban J connectivity index is 1.50. The summed E-state index contributed by atoms with van der Waals surface area (Å²) >= 11 is 0. The molecule has 0 unspecified atom stereocenters. The van der Waals surface area contributed by atoms with Crippen LogP contribution in [-0.4, -0.2) is 32.9 Å². The van der Waals surface area contributed by atoms with Gasteiger partial charge in [-0.3, -0.25) is 0 Å². The lowest BCUT2D eigenvalue weighted by Crippen LogP contribution is -2.47. The van der Waals surface area contributed by atoms with E-state index in [4.69, 9.17) is 9.47 Å². The van der Waals surface area contributed by atoms with Gasteiger partial charge in [0.25, 0.3) is 0 Å². The van der Waals surface area contributed by atoms with Crippen molar-refractivity contribution in [3.05, 3.63) is 29.8 Å². The Morgan fingerprint density at radius 3 is 2.22 bits per heavy atom. The second kappa shape index (κ2) is 6.45. The smallest absolute Gasteiger partial charge is 0.118 e. The van der Waals surface area contributed by atoms with Gasteiger partial charge in [0, 0.05) is 31.2 Å². The van der Waals surface area contributed by atoms with Crippen LogP contribution in [0, 0.1) is 11.8 Å². The van der Waals surface area contributed by atoms with Crippen molar-refractivity contribution in [1.82, 2.24) is 5.32 Å². The van der Waals surface area contributed by atoms with E-state index in [1.807, 2.05) is 0 Å². The summed E-state index contributed by atoms with van der Waals surface area (Å²) in [4.78, 5) is 0. The summed E-state index contributed by atoms with van der Waals surface area (Å²) < 4.78 is 11.0. The first-order valence-corrected chi connectivity index (χ1v) is 9.26.